The number of hydrogen-bond donors (Lipinski definition) is 0. The van der Waals surface area contributed by atoms with Crippen LogP contribution in [-0.4, -0.2) is 37.1 Å². The van der Waals surface area contributed by atoms with Gasteiger partial charge in [-0.25, -0.2) is 0 Å². The highest BCUT2D eigenvalue weighted by Crippen LogP contribution is 2.43. The molecule has 2 fully saturated rings. The fraction of sp³-hybridized carbons (Fsp3) is 0.333. The number of ether oxygens (including phenoxy) is 5. The molecule has 0 aromatic heterocycles. The van der Waals surface area contributed by atoms with Gasteiger partial charge in [-0.15, -0.1) is 0 Å². The quantitative estimate of drug-likeness (QED) is 0.473. The Labute approximate surface area is 197 Å². The Morgan fingerprint density at radius 3 is 1.91 bits per heavy atom. The molecule has 178 valence electrons. The molecule has 0 N–H and O–H groups in total. The van der Waals surface area contributed by atoms with Gasteiger partial charge in [0, 0.05) is 5.56 Å². The van der Waals surface area contributed by atoms with Gasteiger partial charge in [0.15, 0.2) is 12.4 Å². The Morgan fingerprint density at radius 1 is 0.735 bits per heavy atom. The number of hydrogen-bond acceptors (Lipinski definition) is 5. The van der Waals surface area contributed by atoms with Gasteiger partial charge in [-0.2, -0.15) is 8.78 Å². The van der Waals surface area contributed by atoms with Crippen molar-refractivity contribution >= 4 is 0 Å². The monoisotopic (exact) mass is 468 g/mol. The van der Waals surface area contributed by atoms with Gasteiger partial charge in [-0.1, -0.05) is 91.0 Å². The Hall–Kier alpha value is -2.68. The summed E-state index contributed by atoms with van der Waals surface area (Å²) < 4.78 is 60.4. The third-order valence-corrected chi connectivity index (χ3v) is 5.94. The molecule has 2 aliphatic rings. The lowest BCUT2D eigenvalue weighted by Gasteiger charge is -2.48. The van der Waals surface area contributed by atoms with Gasteiger partial charge in [0.1, 0.15) is 12.2 Å². The molecule has 5 atom stereocenters. The fourth-order valence-electron chi connectivity index (χ4n) is 4.18. The van der Waals surface area contributed by atoms with E-state index in [2.05, 4.69) is 0 Å². The summed E-state index contributed by atoms with van der Waals surface area (Å²) >= 11 is 0. The van der Waals surface area contributed by atoms with Crippen LogP contribution in [0.2, 0.25) is 0 Å². The zero-order chi connectivity index (χ0) is 23.4. The second kappa shape index (κ2) is 10.3. The van der Waals surface area contributed by atoms with Crippen LogP contribution in [0.5, 0.6) is 0 Å². The number of rotatable bonds is 7. The fourth-order valence-corrected chi connectivity index (χ4v) is 4.18. The predicted octanol–water partition coefficient (Wildman–Crippen LogP) is 5.26. The van der Waals surface area contributed by atoms with E-state index in [1.165, 1.54) is 0 Å². The molecule has 5 nitrogen and oxygen atoms in total. The lowest BCUT2D eigenvalue weighted by molar-refractivity contribution is -0.405. The van der Waals surface area contributed by atoms with Crippen molar-refractivity contribution in [3.05, 3.63) is 108 Å². The molecule has 3 aromatic carbocycles. The first-order valence-corrected chi connectivity index (χ1v) is 11.3. The highest BCUT2D eigenvalue weighted by molar-refractivity contribution is 5.17. The van der Waals surface area contributed by atoms with Crippen molar-refractivity contribution in [3.63, 3.8) is 0 Å². The normalized spacial score (nSPS) is 28.2. The minimum absolute atomic E-state index is 0.00986. The summed E-state index contributed by atoms with van der Waals surface area (Å²) in [7, 11) is 0. The van der Waals surface area contributed by atoms with E-state index >= 15 is 8.78 Å². The summed E-state index contributed by atoms with van der Waals surface area (Å²) in [6.45, 7) is 0.0743. The lowest BCUT2D eigenvalue weighted by Crippen LogP contribution is -2.66. The van der Waals surface area contributed by atoms with Crippen LogP contribution < -0.4 is 0 Å². The summed E-state index contributed by atoms with van der Waals surface area (Å²) in [4.78, 5) is 0. The Kier molecular flexibility index (Phi) is 6.99. The molecule has 5 unspecified atom stereocenters. The highest BCUT2D eigenvalue weighted by Gasteiger charge is 2.62. The number of benzene rings is 3. The summed E-state index contributed by atoms with van der Waals surface area (Å²) in [5, 5.41) is 0. The highest BCUT2D eigenvalue weighted by atomic mass is 19.3. The van der Waals surface area contributed by atoms with Crippen molar-refractivity contribution in [3.8, 4) is 0 Å². The smallest absolute Gasteiger partial charge is 0.326 e. The molecule has 0 spiro atoms. The van der Waals surface area contributed by atoms with Gasteiger partial charge < -0.3 is 23.7 Å². The van der Waals surface area contributed by atoms with Crippen LogP contribution in [0.3, 0.4) is 0 Å². The van der Waals surface area contributed by atoms with E-state index in [0.29, 0.717) is 0 Å². The summed E-state index contributed by atoms with van der Waals surface area (Å²) in [5.74, 6) is -3.46. The molecule has 0 bridgehead atoms. The van der Waals surface area contributed by atoms with Gasteiger partial charge in [-0.05, 0) is 11.1 Å². The van der Waals surface area contributed by atoms with Crippen LogP contribution in [0.4, 0.5) is 8.78 Å². The van der Waals surface area contributed by atoms with Crippen molar-refractivity contribution in [2.45, 2.75) is 50.0 Å². The summed E-state index contributed by atoms with van der Waals surface area (Å²) in [6.07, 6.45) is -5.96. The van der Waals surface area contributed by atoms with Crippen LogP contribution in [0.1, 0.15) is 23.0 Å². The Balaban J connectivity index is 1.37. The molecular formula is C27H26F2O5. The summed E-state index contributed by atoms with van der Waals surface area (Å²) in [5.41, 5.74) is 2.30. The first-order valence-electron chi connectivity index (χ1n) is 11.3. The van der Waals surface area contributed by atoms with Gasteiger partial charge >= 0.3 is 5.92 Å². The molecule has 0 radical (unpaired) electrons. The maximum Gasteiger partial charge on any atom is 0.326 e. The van der Waals surface area contributed by atoms with Crippen LogP contribution in [0.25, 0.3) is 0 Å². The standard InChI is InChI=1S/C27H26F2O5/c28-27(29)24(30-16-19-10-4-1-5-11-19)23-22(18-31-25(34-23)21-14-8-3-9-15-21)33-26(27)32-17-20-12-6-2-7-13-20/h1-15,22-26H,16-18H2. The first-order chi connectivity index (χ1) is 16.6. The SMILES string of the molecule is FC1(F)C(OCc2ccccc2)OC2COC(c3ccccc3)OC2C1OCc1ccccc1. The van der Waals surface area contributed by atoms with E-state index in [-0.39, 0.29) is 19.8 Å². The molecule has 2 saturated heterocycles. The zero-order valence-corrected chi connectivity index (χ0v) is 18.5. The Morgan fingerprint density at radius 2 is 1.29 bits per heavy atom. The van der Waals surface area contributed by atoms with E-state index < -0.39 is 36.8 Å². The predicted molar refractivity (Wildman–Crippen MR) is 120 cm³/mol. The van der Waals surface area contributed by atoms with Gasteiger partial charge in [0.2, 0.25) is 6.29 Å². The van der Waals surface area contributed by atoms with E-state index in [9.17, 15) is 0 Å². The molecule has 0 amide bonds. The van der Waals surface area contributed by atoms with Crippen molar-refractivity contribution < 1.29 is 32.5 Å². The average Bonchev–Trinajstić information content (AvgIpc) is 2.88. The van der Waals surface area contributed by atoms with Gasteiger partial charge in [0.25, 0.3) is 0 Å². The lowest BCUT2D eigenvalue weighted by atomic mass is 9.96. The molecule has 0 saturated carbocycles. The third-order valence-electron chi connectivity index (χ3n) is 5.94. The second-order valence-corrected chi connectivity index (χ2v) is 8.37. The molecule has 3 aromatic rings. The molecule has 7 heteroatoms. The summed E-state index contributed by atoms with van der Waals surface area (Å²) in [6, 6.07) is 27.5. The largest absolute Gasteiger partial charge is 0.364 e. The maximum absolute atomic E-state index is 15.7. The van der Waals surface area contributed by atoms with Crippen molar-refractivity contribution in [2.24, 2.45) is 0 Å². The topological polar surface area (TPSA) is 46.2 Å². The van der Waals surface area contributed by atoms with Crippen molar-refractivity contribution in [2.75, 3.05) is 6.61 Å². The molecule has 0 aliphatic carbocycles. The molecule has 5 rings (SSSR count). The van der Waals surface area contributed by atoms with E-state index in [1.54, 1.807) is 0 Å². The third kappa shape index (κ3) is 5.04. The van der Waals surface area contributed by atoms with Crippen LogP contribution in [0.15, 0.2) is 91.0 Å². The van der Waals surface area contributed by atoms with E-state index in [1.807, 2.05) is 91.0 Å². The van der Waals surface area contributed by atoms with Crippen LogP contribution in [-0.2, 0) is 36.9 Å². The molecule has 2 heterocycles. The maximum atomic E-state index is 15.7. The minimum Gasteiger partial charge on any atom is -0.364 e. The number of alkyl halides is 2. The van der Waals surface area contributed by atoms with Crippen molar-refractivity contribution in [1.82, 2.24) is 0 Å². The van der Waals surface area contributed by atoms with Crippen LogP contribution >= 0.6 is 0 Å². The average molecular weight is 468 g/mol. The molecule has 34 heavy (non-hydrogen) atoms. The Bertz CT molecular complexity index is 1030. The van der Waals surface area contributed by atoms with E-state index in [4.69, 9.17) is 23.7 Å². The molecule has 2 aliphatic heterocycles. The van der Waals surface area contributed by atoms with Crippen LogP contribution in [0, 0.1) is 0 Å². The minimum atomic E-state index is -3.46. The number of fused-ring (bicyclic) bond motifs is 1. The number of halogens is 2. The second-order valence-electron chi connectivity index (χ2n) is 8.37. The zero-order valence-electron chi connectivity index (χ0n) is 18.5. The van der Waals surface area contributed by atoms with Gasteiger partial charge in [0.05, 0.1) is 19.8 Å². The van der Waals surface area contributed by atoms with Crippen molar-refractivity contribution in [1.29, 1.82) is 0 Å². The van der Waals surface area contributed by atoms with Gasteiger partial charge in [-0.3, -0.25) is 0 Å². The molecular weight excluding hydrogens is 442 g/mol. The first kappa shape index (κ1) is 23.1. The van der Waals surface area contributed by atoms with E-state index in [0.717, 1.165) is 16.7 Å².